The second kappa shape index (κ2) is 8.49. The first-order chi connectivity index (χ1) is 14.0. The van der Waals surface area contributed by atoms with E-state index in [0.29, 0.717) is 49.8 Å². The van der Waals surface area contributed by atoms with Crippen LogP contribution in [-0.4, -0.2) is 62.1 Å². The maximum Gasteiger partial charge on any atom is 0.255 e. The van der Waals surface area contributed by atoms with E-state index in [1.165, 1.54) is 10.7 Å². The summed E-state index contributed by atoms with van der Waals surface area (Å²) in [4.78, 5) is 16.7. The Morgan fingerprint density at radius 1 is 1.03 bits per heavy atom. The van der Waals surface area contributed by atoms with Crippen LogP contribution in [0.25, 0.3) is 5.69 Å². The Balaban J connectivity index is 1.41. The Bertz CT molecular complexity index is 1040. The number of carbonyl (C=O) groups is 1. The molecule has 1 aliphatic rings. The summed E-state index contributed by atoms with van der Waals surface area (Å²) in [6, 6.07) is 11.1. The summed E-state index contributed by atoms with van der Waals surface area (Å²) in [5.41, 5.74) is 1.07. The molecule has 0 N–H and O–H groups in total. The number of tetrazole rings is 1. The zero-order valence-corrected chi connectivity index (χ0v) is 17.5. The third-order valence-electron chi connectivity index (χ3n) is 4.81. The van der Waals surface area contributed by atoms with Crippen LogP contribution in [0.3, 0.4) is 0 Å². The molecule has 1 amide bonds. The highest BCUT2D eigenvalue weighted by Gasteiger charge is 2.24. The van der Waals surface area contributed by atoms with Crippen molar-refractivity contribution in [2.75, 3.05) is 26.2 Å². The molecule has 1 aromatic heterocycles. The number of nitrogens with zero attached hydrogens (tertiary/aromatic N) is 6. The lowest BCUT2D eigenvalue weighted by molar-refractivity contribution is 0.0623. The van der Waals surface area contributed by atoms with E-state index in [9.17, 15) is 13.6 Å². The van der Waals surface area contributed by atoms with Crippen molar-refractivity contribution in [2.24, 2.45) is 0 Å². The van der Waals surface area contributed by atoms with E-state index < -0.39 is 11.6 Å². The minimum absolute atomic E-state index is 0.0290. The molecule has 10 heteroatoms. The van der Waals surface area contributed by atoms with Crippen LogP contribution in [-0.2, 0) is 6.54 Å². The fourth-order valence-electron chi connectivity index (χ4n) is 3.24. The van der Waals surface area contributed by atoms with Crippen molar-refractivity contribution in [3.63, 3.8) is 0 Å². The highest BCUT2D eigenvalue weighted by Crippen LogP contribution is 2.17. The molecular formula is C19H17F2IN6O. The molecule has 0 bridgehead atoms. The van der Waals surface area contributed by atoms with Gasteiger partial charge in [-0.15, -0.1) is 5.10 Å². The van der Waals surface area contributed by atoms with Gasteiger partial charge >= 0.3 is 0 Å². The molecule has 7 nitrogen and oxygen atoms in total. The molecule has 4 rings (SSSR count). The molecule has 0 unspecified atom stereocenters. The molecule has 29 heavy (non-hydrogen) atoms. The van der Waals surface area contributed by atoms with Crippen molar-refractivity contribution in [1.29, 1.82) is 0 Å². The number of rotatable bonds is 4. The van der Waals surface area contributed by atoms with Gasteiger partial charge in [-0.3, -0.25) is 9.69 Å². The normalized spacial score (nSPS) is 14.9. The first-order valence-electron chi connectivity index (χ1n) is 9.02. The second-order valence-electron chi connectivity index (χ2n) is 6.65. The standard InChI is InChI=1S/C19H17F2IN6O/c20-15-6-5-13(11-16(15)21)28-18(23-24-25-28)12-26-7-9-27(10-8-26)19(29)14-3-1-2-4-17(14)22/h1-6,11H,7-10,12H2. The zero-order chi connectivity index (χ0) is 20.4. The van der Waals surface area contributed by atoms with E-state index in [4.69, 9.17) is 0 Å². The summed E-state index contributed by atoms with van der Waals surface area (Å²) >= 11 is 2.17. The quantitative estimate of drug-likeness (QED) is 0.505. The maximum absolute atomic E-state index is 13.5. The van der Waals surface area contributed by atoms with Gasteiger partial charge in [-0.1, -0.05) is 12.1 Å². The van der Waals surface area contributed by atoms with Crippen LogP contribution in [0, 0.1) is 15.2 Å². The highest BCUT2D eigenvalue weighted by molar-refractivity contribution is 14.1. The second-order valence-corrected chi connectivity index (χ2v) is 7.82. The van der Waals surface area contributed by atoms with Gasteiger partial charge in [0.2, 0.25) is 0 Å². The van der Waals surface area contributed by atoms with Crippen LogP contribution >= 0.6 is 22.6 Å². The molecule has 0 atom stereocenters. The Labute approximate surface area is 179 Å². The number of piperazine rings is 1. The molecule has 1 saturated heterocycles. The molecule has 150 valence electrons. The van der Waals surface area contributed by atoms with Gasteiger partial charge in [0, 0.05) is 35.8 Å². The lowest BCUT2D eigenvalue weighted by Gasteiger charge is -2.34. The predicted octanol–water partition coefficient (Wildman–Crippen LogP) is 2.50. The zero-order valence-electron chi connectivity index (χ0n) is 15.3. The number of aromatic nitrogens is 4. The highest BCUT2D eigenvalue weighted by atomic mass is 127. The van der Waals surface area contributed by atoms with Crippen LogP contribution < -0.4 is 0 Å². The molecule has 3 aromatic rings. The predicted molar refractivity (Wildman–Crippen MR) is 109 cm³/mol. The van der Waals surface area contributed by atoms with E-state index in [1.54, 1.807) is 0 Å². The molecule has 0 spiro atoms. The fraction of sp³-hybridized carbons (Fsp3) is 0.263. The number of hydrogen-bond donors (Lipinski definition) is 0. The van der Waals surface area contributed by atoms with Crippen molar-refractivity contribution in [3.8, 4) is 5.69 Å². The van der Waals surface area contributed by atoms with E-state index in [-0.39, 0.29) is 5.91 Å². The van der Waals surface area contributed by atoms with Gasteiger partial charge in [-0.05, 0) is 57.3 Å². The molecule has 0 aliphatic carbocycles. The Kier molecular flexibility index (Phi) is 5.81. The minimum atomic E-state index is -0.952. The van der Waals surface area contributed by atoms with E-state index in [1.807, 2.05) is 29.2 Å². The summed E-state index contributed by atoms with van der Waals surface area (Å²) in [5.74, 6) is -1.32. The van der Waals surface area contributed by atoms with Gasteiger partial charge in [0.25, 0.3) is 5.91 Å². The SMILES string of the molecule is O=C(c1ccccc1I)N1CCN(Cc2nnnn2-c2ccc(F)c(F)c2)CC1. The van der Waals surface area contributed by atoms with Crippen molar-refractivity contribution < 1.29 is 13.6 Å². The summed E-state index contributed by atoms with van der Waals surface area (Å²) in [5, 5.41) is 11.6. The van der Waals surface area contributed by atoms with Crippen LogP contribution in [0.2, 0.25) is 0 Å². The lowest BCUT2D eigenvalue weighted by atomic mass is 10.2. The smallest absolute Gasteiger partial charge is 0.255 e. The number of amides is 1. The van der Waals surface area contributed by atoms with Crippen molar-refractivity contribution >= 4 is 28.5 Å². The largest absolute Gasteiger partial charge is 0.336 e. The van der Waals surface area contributed by atoms with Crippen LogP contribution in [0.5, 0.6) is 0 Å². The number of halogens is 3. The molecule has 0 radical (unpaired) electrons. The summed E-state index contributed by atoms with van der Waals surface area (Å²) in [7, 11) is 0. The monoisotopic (exact) mass is 510 g/mol. The molecule has 2 heterocycles. The Morgan fingerprint density at radius 3 is 2.52 bits per heavy atom. The summed E-state index contributed by atoms with van der Waals surface area (Å²) in [6.07, 6.45) is 0. The molecule has 1 fully saturated rings. The van der Waals surface area contributed by atoms with Gasteiger partial charge in [-0.25, -0.2) is 8.78 Å². The summed E-state index contributed by atoms with van der Waals surface area (Å²) < 4.78 is 29.1. The van der Waals surface area contributed by atoms with Gasteiger partial charge < -0.3 is 4.90 Å². The van der Waals surface area contributed by atoms with Crippen LogP contribution in [0.4, 0.5) is 8.78 Å². The van der Waals surface area contributed by atoms with Crippen molar-refractivity contribution in [3.05, 3.63) is 69.1 Å². The van der Waals surface area contributed by atoms with Crippen LogP contribution in [0.1, 0.15) is 16.2 Å². The Morgan fingerprint density at radius 2 is 1.79 bits per heavy atom. The third kappa shape index (κ3) is 4.27. The van der Waals surface area contributed by atoms with Gasteiger partial charge in [0.15, 0.2) is 17.5 Å². The maximum atomic E-state index is 13.5. The molecular weight excluding hydrogens is 493 g/mol. The lowest BCUT2D eigenvalue weighted by Crippen LogP contribution is -2.48. The van der Waals surface area contributed by atoms with Gasteiger partial charge in [-0.2, -0.15) is 4.68 Å². The van der Waals surface area contributed by atoms with E-state index in [2.05, 4.69) is 43.0 Å². The van der Waals surface area contributed by atoms with Gasteiger partial charge in [0.05, 0.1) is 17.8 Å². The number of benzene rings is 2. The van der Waals surface area contributed by atoms with Gasteiger partial charge in [0.1, 0.15) is 0 Å². The number of carbonyl (C=O) groups excluding carboxylic acids is 1. The average Bonchev–Trinajstić information content (AvgIpc) is 3.18. The Hall–Kier alpha value is -2.47. The van der Waals surface area contributed by atoms with Crippen molar-refractivity contribution in [1.82, 2.24) is 30.0 Å². The fourth-order valence-corrected chi connectivity index (χ4v) is 3.85. The first kappa shape index (κ1) is 19.8. The minimum Gasteiger partial charge on any atom is -0.336 e. The third-order valence-corrected chi connectivity index (χ3v) is 5.75. The molecule has 0 saturated carbocycles. The van der Waals surface area contributed by atoms with Crippen molar-refractivity contribution in [2.45, 2.75) is 6.54 Å². The number of hydrogen-bond acceptors (Lipinski definition) is 5. The van der Waals surface area contributed by atoms with Crippen LogP contribution in [0.15, 0.2) is 42.5 Å². The average molecular weight is 510 g/mol. The topological polar surface area (TPSA) is 67.2 Å². The van der Waals surface area contributed by atoms with E-state index >= 15 is 0 Å². The van der Waals surface area contributed by atoms with E-state index in [0.717, 1.165) is 15.7 Å². The molecule has 2 aromatic carbocycles. The molecule has 1 aliphatic heterocycles. The first-order valence-corrected chi connectivity index (χ1v) is 10.1. The summed E-state index contributed by atoms with van der Waals surface area (Å²) in [6.45, 7) is 2.96.